The van der Waals surface area contributed by atoms with Crippen molar-refractivity contribution < 1.29 is 14.4 Å². The van der Waals surface area contributed by atoms with Gasteiger partial charge in [-0.1, -0.05) is 12.5 Å². The monoisotopic (exact) mass is 280 g/mol. The predicted octanol–water partition coefficient (Wildman–Crippen LogP) is 2.36. The Morgan fingerprint density at radius 3 is 2.70 bits per heavy atom. The molecule has 1 aromatic rings. The molecule has 0 radical (unpaired) electrons. The Kier molecular flexibility index (Phi) is 4.79. The zero-order valence-electron chi connectivity index (χ0n) is 11.6. The Bertz CT molecular complexity index is 478. The number of methoxy groups -OCH3 is 1. The molecule has 0 heterocycles. The van der Waals surface area contributed by atoms with Crippen LogP contribution < -0.4 is 15.2 Å². The van der Waals surface area contributed by atoms with Gasteiger partial charge in [0.25, 0.3) is 0 Å². The molecule has 2 N–H and O–H groups in total. The van der Waals surface area contributed by atoms with E-state index in [1.54, 1.807) is 18.2 Å². The van der Waals surface area contributed by atoms with Crippen molar-refractivity contribution in [2.45, 2.75) is 19.3 Å². The minimum atomic E-state index is -0.469. The third-order valence-corrected chi connectivity index (χ3v) is 3.94. The number of nitrogens with two attached hydrogens (primary N) is 1. The first-order valence-electron chi connectivity index (χ1n) is 6.81. The number of hydrogen-bond acceptors (Lipinski definition) is 5. The molecule has 0 saturated heterocycles. The molecule has 6 heteroatoms. The van der Waals surface area contributed by atoms with Crippen molar-refractivity contribution in [3.63, 3.8) is 0 Å². The molecule has 2 rings (SSSR count). The maximum atomic E-state index is 11.1. The fourth-order valence-corrected chi connectivity index (χ4v) is 2.80. The van der Waals surface area contributed by atoms with Gasteiger partial charge in [0, 0.05) is 0 Å². The first kappa shape index (κ1) is 14.6. The molecule has 0 aliphatic heterocycles. The van der Waals surface area contributed by atoms with Gasteiger partial charge in [0.2, 0.25) is 11.5 Å². The SMILES string of the molecule is COc1cccc(OCC2CCCC2CN)c1[N+](=O)[O-]. The second-order valence-electron chi connectivity index (χ2n) is 5.06. The summed E-state index contributed by atoms with van der Waals surface area (Å²) in [6, 6.07) is 4.85. The Morgan fingerprint density at radius 2 is 2.05 bits per heavy atom. The molecule has 1 aromatic carbocycles. The van der Waals surface area contributed by atoms with Gasteiger partial charge in [0.15, 0.2) is 0 Å². The molecule has 20 heavy (non-hydrogen) atoms. The Balaban J connectivity index is 2.11. The zero-order valence-corrected chi connectivity index (χ0v) is 11.6. The van der Waals surface area contributed by atoms with Crippen molar-refractivity contribution in [3.8, 4) is 11.5 Å². The van der Waals surface area contributed by atoms with Crippen LogP contribution in [0.1, 0.15) is 19.3 Å². The summed E-state index contributed by atoms with van der Waals surface area (Å²) in [5, 5.41) is 11.1. The van der Waals surface area contributed by atoms with Gasteiger partial charge in [-0.05, 0) is 43.4 Å². The van der Waals surface area contributed by atoms with Crippen LogP contribution in [-0.4, -0.2) is 25.2 Å². The van der Waals surface area contributed by atoms with Crippen LogP contribution in [-0.2, 0) is 0 Å². The summed E-state index contributed by atoms with van der Waals surface area (Å²) < 4.78 is 10.7. The van der Waals surface area contributed by atoms with E-state index in [1.807, 2.05) is 0 Å². The highest BCUT2D eigenvalue weighted by Crippen LogP contribution is 2.38. The molecule has 2 unspecified atom stereocenters. The second kappa shape index (κ2) is 6.56. The minimum Gasteiger partial charge on any atom is -0.490 e. The van der Waals surface area contributed by atoms with Gasteiger partial charge >= 0.3 is 5.69 Å². The third-order valence-electron chi connectivity index (χ3n) is 3.94. The lowest BCUT2D eigenvalue weighted by Crippen LogP contribution is -2.23. The van der Waals surface area contributed by atoms with Crippen LogP contribution in [0.2, 0.25) is 0 Å². The van der Waals surface area contributed by atoms with Gasteiger partial charge < -0.3 is 15.2 Å². The number of rotatable bonds is 6. The first-order chi connectivity index (χ1) is 9.67. The summed E-state index contributed by atoms with van der Waals surface area (Å²) in [6.45, 7) is 1.12. The molecular formula is C14H20N2O4. The quantitative estimate of drug-likeness (QED) is 0.638. The lowest BCUT2D eigenvalue weighted by atomic mass is 9.97. The van der Waals surface area contributed by atoms with Crippen molar-refractivity contribution in [2.24, 2.45) is 17.6 Å². The molecule has 0 amide bonds. The van der Waals surface area contributed by atoms with E-state index >= 15 is 0 Å². The van der Waals surface area contributed by atoms with E-state index in [1.165, 1.54) is 7.11 Å². The van der Waals surface area contributed by atoms with E-state index in [-0.39, 0.29) is 17.2 Å². The molecule has 0 spiro atoms. The third kappa shape index (κ3) is 3.01. The second-order valence-corrected chi connectivity index (χ2v) is 5.06. The van der Waals surface area contributed by atoms with Crippen LogP contribution in [0.25, 0.3) is 0 Å². The Morgan fingerprint density at radius 1 is 1.35 bits per heavy atom. The van der Waals surface area contributed by atoms with E-state index < -0.39 is 4.92 Å². The fraction of sp³-hybridized carbons (Fsp3) is 0.571. The van der Waals surface area contributed by atoms with E-state index in [2.05, 4.69) is 0 Å². The van der Waals surface area contributed by atoms with Crippen LogP contribution in [0, 0.1) is 22.0 Å². The lowest BCUT2D eigenvalue weighted by molar-refractivity contribution is -0.386. The van der Waals surface area contributed by atoms with Gasteiger partial charge in [-0.3, -0.25) is 10.1 Å². The number of nitrogens with zero attached hydrogens (tertiary/aromatic N) is 1. The average Bonchev–Trinajstić information content (AvgIpc) is 2.91. The van der Waals surface area contributed by atoms with Gasteiger partial charge in [-0.25, -0.2) is 0 Å². The highest BCUT2D eigenvalue weighted by atomic mass is 16.6. The Labute approximate surface area is 118 Å². The molecule has 1 fully saturated rings. The lowest BCUT2D eigenvalue weighted by Gasteiger charge is -2.18. The highest BCUT2D eigenvalue weighted by molar-refractivity contribution is 5.57. The molecule has 1 aliphatic carbocycles. The predicted molar refractivity (Wildman–Crippen MR) is 75.0 cm³/mol. The molecule has 110 valence electrons. The van der Waals surface area contributed by atoms with Crippen molar-refractivity contribution in [1.82, 2.24) is 0 Å². The largest absolute Gasteiger partial charge is 0.490 e. The molecule has 6 nitrogen and oxygen atoms in total. The van der Waals surface area contributed by atoms with E-state index in [9.17, 15) is 10.1 Å². The number of nitro groups is 1. The van der Waals surface area contributed by atoms with Crippen LogP contribution >= 0.6 is 0 Å². The van der Waals surface area contributed by atoms with E-state index in [4.69, 9.17) is 15.2 Å². The summed E-state index contributed by atoms with van der Waals surface area (Å²) in [7, 11) is 1.41. The summed E-state index contributed by atoms with van der Waals surface area (Å²) in [5.41, 5.74) is 5.62. The van der Waals surface area contributed by atoms with Gasteiger partial charge in [0.1, 0.15) is 0 Å². The van der Waals surface area contributed by atoms with Gasteiger partial charge in [-0.15, -0.1) is 0 Å². The normalized spacial score (nSPS) is 21.7. The average molecular weight is 280 g/mol. The van der Waals surface area contributed by atoms with Crippen molar-refractivity contribution in [1.29, 1.82) is 0 Å². The molecule has 2 atom stereocenters. The summed E-state index contributed by atoms with van der Waals surface area (Å²) in [4.78, 5) is 10.7. The molecular weight excluding hydrogens is 260 g/mol. The smallest absolute Gasteiger partial charge is 0.352 e. The van der Waals surface area contributed by atoms with Crippen molar-refractivity contribution in [2.75, 3.05) is 20.3 Å². The van der Waals surface area contributed by atoms with Crippen LogP contribution in [0.15, 0.2) is 18.2 Å². The first-order valence-corrected chi connectivity index (χ1v) is 6.81. The van der Waals surface area contributed by atoms with Gasteiger partial charge in [0.05, 0.1) is 18.6 Å². The summed E-state index contributed by atoms with van der Waals surface area (Å²) >= 11 is 0. The summed E-state index contributed by atoms with van der Waals surface area (Å²) in [5.74, 6) is 1.32. The molecule has 0 aromatic heterocycles. The fourth-order valence-electron chi connectivity index (χ4n) is 2.80. The number of benzene rings is 1. The van der Waals surface area contributed by atoms with Crippen LogP contribution in [0.3, 0.4) is 0 Å². The number of nitro benzene ring substituents is 1. The number of ether oxygens (including phenoxy) is 2. The van der Waals surface area contributed by atoms with Crippen LogP contribution in [0.5, 0.6) is 11.5 Å². The minimum absolute atomic E-state index is 0.114. The maximum Gasteiger partial charge on any atom is 0.352 e. The molecule has 0 bridgehead atoms. The summed E-state index contributed by atoms with van der Waals surface area (Å²) in [6.07, 6.45) is 3.33. The Hall–Kier alpha value is -1.82. The van der Waals surface area contributed by atoms with Gasteiger partial charge in [-0.2, -0.15) is 0 Å². The van der Waals surface area contributed by atoms with Crippen molar-refractivity contribution in [3.05, 3.63) is 28.3 Å². The zero-order chi connectivity index (χ0) is 14.5. The molecule has 1 aliphatic rings. The van der Waals surface area contributed by atoms with E-state index in [0.717, 1.165) is 19.3 Å². The highest BCUT2D eigenvalue weighted by Gasteiger charge is 2.28. The van der Waals surface area contributed by atoms with Crippen LogP contribution in [0.4, 0.5) is 5.69 Å². The number of hydrogen-bond donors (Lipinski definition) is 1. The standard InChI is InChI=1S/C14H20N2O4/c1-19-12-6-3-7-13(14(12)16(17)18)20-9-11-5-2-4-10(11)8-15/h3,6-7,10-11H,2,4-5,8-9,15H2,1H3. The van der Waals surface area contributed by atoms with Crippen molar-refractivity contribution >= 4 is 5.69 Å². The van der Waals surface area contributed by atoms with E-state index in [0.29, 0.717) is 25.0 Å². The molecule has 1 saturated carbocycles. The number of para-hydroxylation sites is 1. The topological polar surface area (TPSA) is 87.6 Å². The maximum absolute atomic E-state index is 11.1.